The van der Waals surface area contributed by atoms with Gasteiger partial charge in [-0.15, -0.1) is 11.3 Å². The third-order valence-electron chi connectivity index (χ3n) is 4.28. The molecule has 0 unspecified atom stereocenters. The van der Waals surface area contributed by atoms with Gasteiger partial charge in [0, 0.05) is 31.0 Å². The smallest absolute Gasteiger partial charge is 0.270 e. The normalized spacial score (nSPS) is 15.1. The molecule has 4 heterocycles. The summed E-state index contributed by atoms with van der Waals surface area (Å²) < 4.78 is 12.2. The molecule has 3 aromatic rings. The summed E-state index contributed by atoms with van der Waals surface area (Å²) in [5.41, 5.74) is 2.03. The second-order valence-electron chi connectivity index (χ2n) is 6.24. The molecule has 1 fully saturated rings. The first-order valence-corrected chi connectivity index (χ1v) is 9.44. The number of ether oxygens (including phenoxy) is 2. The van der Waals surface area contributed by atoms with Gasteiger partial charge >= 0.3 is 0 Å². The lowest BCUT2D eigenvalue weighted by Crippen LogP contribution is -2.39. The van der Waals surface area contributed by atoms with Crippen molar-refractivity contribution < 1.29 is 14.3 Å². The first-order valence-electron chi connectivity index (χ1n) is 8.56. The summed E-state index contributed by atoms with van der Waals surface area (Å²) in [6.45, 7) is 3.28. The van der Waals surface area contributed by atoms with Crippen LogP contribution in [0.5, 0.6) is 11.5 Å². The van der Waals surface area contributed by atoms with Crippen molar-refractivity contribution in [3.05, 3.63) is 47.2 Å². The highest BCUT2D eigenvalue weighted by Crippen LogP contribution is 2.33. The van der Waals surface area contributed by atoms with Gasteiger partial charge in [-0.3, -0.25) is 9.78 Å². The average Bonchev–Trinajstić information content (AvgIpc) is 3.13. The fourth-order valence-corrected chi connectivity index (χ4v) is 3.65. The second kappa shape index (κ2) is 7.39. The van der Waals surface area contributed by atoms with Crippen molar-refractivity contribution in [1.29, 1.82) is 0 Å². The summed E-state index contributed by atoms with van der Waals surface area (Å²) in [7, 11) is 0. The quantitative estimate of drug-likeness (QED) is 0.759. The van der Waals surface area contributed by atoms with Crippen molar-refractivity contribution in [2.24, 2.45) is 0 Å². The number of rotatable bonds is 4. The number of aryl methyl sites for hydroxylation is 1. The molecular weight excluding hydrogens is 350 g/mol. The van der Waals surface area contributed by atoms with Gasteiger partial charge in [-0.1, -0.05) is 0 Å². The van der Waals surface area contributed by atoms with Crippen LogP contribution in [-0.4, -0.2) is 35.1 Å². The number of aromatic nitrogens is 2. The summed E-state index contributed by atoms with van der Waals surface area (Å²) in [6.07, 6.45) is 3.33. The van der Waals surface area contributed by atoms with Crippen molar-refractivity contribution in [1.82, 2.24) is 15.3 Å². The van der Waals surface area contributed by atoms with Gasteiger partial charge in [0.1, 0.15) is 17.2 Å². The Labute approximate surface area is 155 Å². The van der Waals surface area contributed by atoms with E-state index in [1.165, 1.54) is 11.3 Å². The molecule has 0 bridgehead atoms. The third-order valence-corrected chi connectivity index (χ3v) is 5.20. The standard InChI is InChI=1S/C19H19N3O3S/c1-12-2-3-14(11-20-12)25-17-10-16(22-15-6-9-26-18(15)17)19(23)21-13-4-7-24-8-5-13/h2-3,6,9-11,13H,4-5,7-8H2,1H3,(H,21,23). The molecule has 1 aliphatic rings. The van der Waals surface area contributed by atoms with Crippen molar-refractivity contribution in [2.75, 3.05) is 13.2 Å². The summed E-state index contributed by atoms with van der Waals surface area (Å²) in [6, 6.07) is 7.48. The van der Waals surface area contributed by atoms with Gasteiger partial charge in [0.15, 0.2) is 0 Å². The van der Waals surface area contributed by atoms with Gasteiger partial charge in [0.05, 0.1) is 16.4 Å². The number of thiophene rings is 1. The molecule has 0 atom stereocenters. The minimum Gasteiger partial charge on any atom is -0.454 e. The van der Waals surface area contributed by atoms with Gasteiger partial charge in [0.25, 0.3) is 5.91 Å². The molecule has 7 heteroatoms. The minimum absolute atomic E-state index is 0.127. The zero-order valence-corrected chi connectivity index (χ0v) is 15.2. The van der Waals surface area contributed by atoms with Crippen molar-refractivity contribution >= 4 is 27.5 Å². The van der Waals surface area contributed by atoms with E-state index in [-0.39, 0.29) is 11.9 Å². The Balaban J connectivity index is 1.61. The Morgan fingerprint density at radius 3 is 2.92 bits per heavy atom. The molecule has 3 aromatic heterocycles. The SMILES string of the molecule is Cc1ccc(Oc2cc(C(=O)NC3CCOCC3)nc3ccsc23)cn1. The van der Waals surface area contributed by atoms with E-state index in [0.29, 0.717) is 30.4 Å². The van der Waals surface area contributed by atoms with Crippen LogP contribution in [0.15, 0.2) is 35.8 Å². The first-order chi connectivity index (χ1) is 12.7. The van der Waals surface area contributed by atoms with Crippen LogP contribution < -0.4 is 10.1 Å². The van der Waals surface area contributed by atoms with E-state index in [0.717, 1.165) is 28.8 Å². The maximum atomic E-state index is 12.6. The van der Waals surface area contributed by atoms with Crippen LogP contribution in [0.2, 0.25) is 0 Å². The van der Waals surface area contributed by atoms with Crippen LogP contribution in [0.1, 0.15) is 29.0 Å². The number of carbonyl (C=O) groups is 1. The number of hydrogen-bond acceptors (Lipinski definition) is 6. The fraction of sp³-hybridized carbons (Fsp3) is 0.316. The number of nitrogens with one attached hydrogen (secondary N) is 1. The molecule has 134 valence electrons. The Kier molecular flexibility index (Phi) is 4.81. The predicted octanol–water partition coefficient (Wildman–Crippen LogP) is 3.70. The van der Waals surface area contributed by atoms with Crippen molar-refractivity contribution in [2.45, 2.75) is 25.8 Å². The van der Waals surface area contributed by atoms with Gasteiger partial charge in [-0.25, -0.2) is 4.98 Å². The Hall–Kier alpha value is -2.51. The molecule has 1 amide bonds. The van der Waals surface area contributed by atoms with E-state index in [4.69, 9.17) is 9.47 Å². The number of pyridine rings is 2. The van der Waals surface area contributed by atoms with E-state index < -0.39 is 0 Å². The highest BCUT2D eigenvalue weighted by atomic mass is 32.1. The van der Waals surface area contributed by atoms with Gasteiger partial charge in [-0.05, 0) is 43.3 Å². The molecule has 0 aliphatic carbocycles. The molecule has 6 nitrogen and oxygen atoms in total. The van der Waals surface area contributed by atoms with E-state index >= 15 is 0 Å². The highest BCUT2D eigenvalue weighted by molar-refractivity contribution is 7.17. The maximum absolute atomic E-state index is 12.6. The molecule has 0 radical (unpaired) electrons. The summed E-state index contributed by atoms with van der Waals surface area (Å²) in [5, 5.41) is 4.99. The van der Waals surface area contributed by atoms with Gasteiger partial charge in [-0.2, -0.15) is 0 Å². The molecule has 0 aromatic carbocycles. The maximum Gasteiger partial charge on any atom is 0.270 e. The molecule has 1 N–H and O–H groups in total. The molecule has 26 heavy (non-hydrogen) atoms. The van der Waals surface area contributed by atoms with Crippen LogP contribution in [0, 0.1) is 6.92 Å². The Bertz CT molecular complexity index is 917. The van der Waals surface area contributed by atoms with Crippen LogP contribution in [0.25, 0.3) is 10.2 Å². The van der Waals surface area contributed by atoms with Crippen LogP contribution in [-0.2, 0) is 4.74 Å². The predicted molar refractivity (Wildman–Crippen MR) is 100.0 cm³/mol. The number of hydrogen-bond donors (Lipinski definition) is 1. The van der Waals surface area contributed by atoms with Crippen LogP contribution in [0.4, 0.5) is 0 Å². The zero-order valence-electron chi connectivity index (χ0n) is 14.4. The average molecular weight is 369 g/mol. The largest absolute Gasteiger partial charge is 0.454 e. The minimum atomic E-state index is -0.183. The molecule has 4 rings (SSSR count). The van der Waals surface area contributed by atoms with Gasteiger partial charge < -0.3 is 14.8 Å². The monoisotopic (exact) mass is 369 g/mol. The molecule has 1 saturated heterocycles. The first kappa shape index (κ1) is 16.9. The Morgan fingerprint density at radius 2 is 2.15 bits per heavy atom. The van der Waals surface area contributed by atoms with E-state index in [9.17, 15) is 4.79 Å². The lowest BCUT2D eigenvalue weighted by molar-refractivity contribution is 0.0694. The highest BCUT2D eigenvalue weighted by Gasteiger charge is 2.20. The third kappa shape index (κ3) is 3.68. The number of carbonyl (C=O) groups excluding carboxylic acids is 1. The Morgan fingerprint density at radius 1 is 1.31 bits per heavy atom. The van der Waals surface area contributed by atoms with E-state index in [1.807, 2.05) is 30.5 Å². The molecular formula is C19H19N3O3S. The second-order valence-corrected chi connectivity index (χ2v) is 7.15. The van der Waals surface area contributed by atoms with Gasteiger partial charge in [0.2, 0.25) is 0 Å². The van der Waals surface area contributed by atoms with Crippen molar-refractivity contribution in [3.63, 3.8) is 0 Å². The van der Waals surface area contributed by atoms with Crippen LogP contribution >= 0.6 is 11.3 Å². The van der Waals surface area contributed by atoms with Crippen LogP contribution in [0.3, 0.4) is 0 Å². The van der Waals surface area contributed by atoms with E-state index in [2.05, 4.69) is 15.3 Å². The molecule has 0 saturated carbocycles. The number of amides is 1. The number of nitrogens with zero attached hydrogens (tertiary/aromatic N) is 2. The molecule has 0 spiro atoms. The number of fused-ring (bicyclic) bond motifs is 1. The lowest BCUT2D eigenvalue weighted by Gasteiger charge is -2.23. The lowest BCUT2D eigenvalue weighted by atomic mass is 10.1. The zero-order chi connectivity index (χ0) is 17.9. The topological polar surface area (TPSA) is 73.3 Å². The summed E-state index contributed by atoms with van der Waals surface area (Å²) in [4.78, 5) is 21.4. The summed E-state index contributed by atoms with van der Waals surface area (Å²) in [5.74, 6) is 1.07. The molecule has 1 aliphatic heterocycles. The van der Waals surface area contributed by atoms with E-state index in [1.54, 1.807) is 12.3 Å². The fourth-order valence-electron chi connectivity index (χ4n) is 2.86. The summed E-state index contributed by atoms with van der Waals surface area (Å²) >= 11 is 1.54. The van der Waals surface area contributed by atoms with Crippen molar-refractivity contribution in [3.8, 4) is 11.5 Å².